The number of hydrogen-bond donors (Lipinski definition) is 2. The van der Waals surface area contributed by atoms with Gasteiger partial charge < -0.3 is 24.6 Å². The third-order valence-corrected chi connectivity index (χ3v) is 3.79. The number of aromatic nitrogens is 2. The standard InChI is InChI=1S/C17H31N5O3.HI/c1-5-18-17(20-13(4)10-24-14-7-9-23-11-14)19-8-6-15-21-16(12(2)3)22-25-15;/h12-14H,5-11H2,1-4H3,(H2,18,19,20);1H. The molecule has 9 heteroatoms. The Kier molecular flexibility index (Phi) is 11.1. The number of halogens is 1. The lowest BCUT2D eigenvalue weighted by Gasteiger charge is -2.19. The van der Waals surface area contributed by atoms with E-state index in [1.165, 1.54) is 0 Å². The quantitative estimate of drug-likeness (QED) is 0.317. The van der Waals surface area contributed by atoms with Crippen LogP contribution in [0.2, 0.25) is 0 Å². The minimum Gasteiger partial charge on any atom is -0.379 e. The van der Waals surface area contributed by atoms with Crippen LogP contribution in [0.3, 0.4) is 0 Å². The van der Waals surface area contributed by atoms with Crippen molar-refractivity contribution >= 4 is 29.9 Å². The zero-order chi connectivity index (χ0) is 18.1. The molecule has 1 aromatic rings. The van der Waals surface area contributed by atoms with Crippen LogP contribution in [0.5, 0.6) is 0 Å². The van der Waals surface area contributed by atoms with E-state index in [2.05, 4.69) is 32.7 Å². The summed E-state index contributed by atoms with van der Waals surface area (Å²) in [6.07, 6.45) is 1.82. The van der Waals surface area contributed by atoms with Crippen molar-refractivity contribution in [1.82, 2.24) is 20.8 Å². The minimum absolute atomic E-state index is 0. The van der Waals surface area contributed by atoms with Crippen molar-refractivity contribution in [2.75, 3.05) is 32.9 Å². The van der Waals surface area contributed by atoms with Crippen molar-refractivity contribution in [3.05, 3.63) is 11.7 Å². The Balaban J connectivity index is 0.00000338. The zero-order valence-corrected chi connectivity index (χ0v) is 18.5. The monoisotopic (exact) mass is 481 g/mol. The summed E-state index contributed by atoms with van der Waals surface area (Å²) in [4.78, 5) is 8.94. The van der Waals surface area contributed by atoms with Crippen LogP contribution in [0.4, 0.5) is 0 Å². The SMILES string of the molecule is CCNC(=NCCc1nc(C(C)C)no1)NC(C)COC1CCOC1.I. The molecule has 0 aliphatic carbocycles. The Morgan fingerprint density at radius 1 is 1.38 bits per heavy atom. The first-order chi connectivity index (χ1) is 12.1. The van der Waals surface area contributed by atoms with Gasteiger partial charge in [0.25, 0.3) is 0 Å². The van der Waals surface area contributed by atoms with Crippen LogP contribution in [-0.2, 0) is 15.9 Å². The molecule has 8 nitrogen and oxygen atoms in total. The Bertz CT molecular complexity index is 532. The third kappa shape index (κ3) is 8.17. The fourth-order valence-electron chi connectivity index (χ4n) is 2.39. The summed E-state index contributed by atoms with van der Waals surface area (Å²) in [5.41, 5.74) is 0. The molecule has 2 unspecified atom stereocenters. The number of guanidine groups is 1. The van der Waals surface area contributed by atoms with Gasteiger partial charge in [0.2, 0.25) is 5.89 Å². The summed E-state index contributed by atoms with van der Waals surface area (Å²) in [5.74, 6) is 2.41. The lowest BCUT2D eigenvalue weighted by molar-refractivity contribution is 0.0347. The molecule has 2 rings (SSSR count). The molecule has 0 spiro atoms. The highest BCUT2D eigenvalue weighted by Crippen LogP contribution is 2.10. The zero-order valence-electron chi connectivity index (χ0n) is 16.2. The first kappa shape index (κ1) is 23.1. The summed E-state index contributed by atoms with van der Waals surface area (Å²) >= 11 is 0. The molecular formula is C17H32IN5O3. The molecule has 150 valence electrons. The maximum absolute atomic E-state index is 5.84. The highest BCUT2D eigenvalue weighted by atomic mass is 127. The van der Waals surface area contributed by atoms with Crippen molar-refractivity contribution in [2.45, 2.75) is 58.6 Å². The van der Waals surface area contributed by atoms with Crippen LogP contribution in [0.1, 0.15) is 51.7 Å². The molecule has 1 fully saturated rings. The molecule has 0 bridgehead atoms. The van der Waals surface area contributed by atoms with Crippen LogP contribution in [-0.4, -0.2) is 61.2 Å². The van der Waals surface area contributed by atoms with Gasteiger partial charge in [-0.15, -0.1) is 24.0 Å². The fourth-order valence-corrected chi connectivity index (χ4v) is 2.39. The number of hydrogen-bond acceptors (Lipinski definition) is 6. The second-order valence-corrected chi connectivity index (χ2v) is 6.58. The predicted octanol–water partition coefficient (Wildman–Crippen LogP) is 2.10. The molecule has 0 radical (unpaired) electrons. The van der Waals surface area contributed by atoms with Crippen molar-refractivity contribution in [2.24, 2.45) is 4.99 Å². The molecular weight excluding hydrogens is 449 g/mol. The lowest BCUT2D eigenvalue weighted by Crippen LogP contribution is -2.44. The van der Waals surface area contributed by atoms with Crippen LogP contribution >= 0.6 is 24.0 Å². The van der Waals surface area contributed by atoms with Gasteiger partial charge in [-0.25, -0.2) is 0 Å². The highest BCUT2D eigenvalue weighted by molar-refractivity contribution is 14.0. The number of aliphatic imine (C=N–C) groups is 1. The molecule has 0 aromatic carbocycles. The van der Waals surface area contributed by atoms with E-state index in [-0.39, 0.29) is 42.0 Å². The van der Waals surface area contributed by atoms with Crippen LogP contribution in [0.25, 0.3) is 0 Å². The van der Waals surface area contributed by atoms with Gasteiger partial charge in [-0.2, -0.15) is 4.98 Å². The minimum atomic E-state index is 0. The van der Waals surface area contributed by atoms with Gasteiger partial charge in [-0.1, -0.05) is 19.0 Å². The molecule has 1 aliphatic rings. The third-order valence-electron chi connectivity index (χ3n) is 3.79. The highest BCUT2D eigenvalue weighted by Gasteiger charge is 2.17. The van der Waals surface area contributed by atoms with Gasteiger partial charge in [0, 0.05) is 31.5 Å². The number of rotatable bonds is 9. The van der Waals surface area contributed by atoms with Crippen molar-refractivity contribution < 1.29 is 14.0 Å². The largest absolute Gasteiger partial charge is 0.379 e. The molecule has 1 aliphatic heterocycles. The summed E-state index contributed by atoms with van der Waals surface area (Å²) in [7, 11) is 0. The molecule has 1 aromatic heterocycles. The summed E-state index contributed by atoms with van der Waals surface area (Å²) in [6.45, 7) is 11.7. The van der Waals surface area contributed by atoms with Gasteiger partial charge in [0.05, 0.1) is 25.9 Å². The molecule has 2 N–H and O–H groups in total. The predicted molar refractivity (Wildman–Crippen MR) is 111 cm³/mol. The fraction of sp³-hybridized carbons (Fsp3) is 0.824. The topological polar surface area (TPSA) is 93.8 Å². The first-order valence-electron chi connectivity index (χ1n) is 9.15. The van der Waals surface area contributed by atoms with Gasteiger partial charge in [-0.05, 0) is 20.3 Å². The number of ether oxygens (including phenoxy) is 2. The molecule has 26 heavy (non-hydrogen) atoms. The van der Waals surface area contributed by atoms with Gasteiger partial charge >= 0.3 is 0 Å². The van der Waals surface area contributed by atoms with Crippen LogP contribution in [0, 0.1) is 0 Å². The van der Waals surface area contributed by atoms with Crippen LogP contribution < -0.4 is 10.6 Å². The molecule has 2 heterocycles. The number of nitrogens with zero attached hydrogens (tertiary/aromatic N) is 3. The molecule has 1 saturated heterocycles. The smallest absolute Gasteiger partial charge is 0.228 e. The van der Waals surface area contributed by atoms with E-state index in [0.717, 1.165) is 31.4 Å². The maximum atomic E-state index is 5.84. The van der Waals surface area contributed by atoms with Crippen molar-refractivity contribution in [3.63, 3.8) is 0 Å². The van der Waals surface area contributed by atoms with E-state index in [1.54, 1.807) is 0 Å². The second-order valence-electron chi connectivity index (χ2n) is 6.58. The van der Waals surface area contributed by atoms with Gasteiger partial charge in [-0.3, -0.25) is 4.99 Å². The van der Waals surface area contributed by atoms with E-state index >= 15 is 0 Å². The van der Waals surface area contributed by atoms with Crippen LogP contribution in [0.15, 0.2) is 9.52 Å². The van der Waals surface area contributed by atoms with Gasteiger partial charge in [0.15, 0.2) is 11.8 Å². The van der Waals surface area contributed by atoms with E-state index in [1.807, 2.05) is 20.8 Å². The summed E-state index contributed by atoms with van der Waals surface area (Å²) in [5, 5.41) is 10.6. The van der Waals surface area contributed by atoms with Crippen molar-refractivity contribution in [3.8, 4) is 0 Å². The maximum Gasteiger partial charge on any atom is 0.228 e. The van der Waals surface area contributed by atoms with E-state index in [0.29, 0.717) is 32.1 Å². The van der Waals surface area contributed by atoms with E-state index in [9.17, 15) is 0 Å². The average molecular weight is 481 g/mol. The summed E-state index contributed by atoms with van der Waals surface area (Å²) in [6, 6.07) is 0.161. The Morgan fingerprint density at radius 3 is 2.81 bits per heavy atom. The second kappa shape index (κ2) is 12.4. The molecule has 0 amide bonds. The summed E-state index contributed by atoms with van der Waals surface area (Å²) < 4.78 is 16.4. The van der Waals surface area contributed by atoms with E-state index in [4.69, 9.17) is 14.0 Å². The Hall–Kier alpha value is -0.940. The molecule has 2 atom stereocenters. The molecule has 0 saturated carbocycles. The average Bonchev–Trinajstić information content (AvgIpc) is 3.25. The lowest BCUT2D eigenvalue weighted by atomic mass is 10.2. The van der Waals surface area contributed by atoms with E-state index < -0.39 is 0 Å². The van der Waals surface area contributed by atoms with Gasteiger partial charge in [0.1, 0.15) is 0 Å². The normalized spacial score (nSPS) is 18.7. The Labute approximate surface area is 172 Å². The Morgan fingerprint density at radius 2 is 2.19 bits per heavy atom. The first-order valence-corrected chi connectivity index (χ1v) is 9.15. The number of nitrogens with one attached hydrogen (secondary N) is 2. The van der Waals surface area contributed by atoms with Crippen molar-refractivity contribution in [1.29, 1.82) is 0 Å².